The molecule has 0 aliphatic rings. The third kappa shape index (κ3) is 6.12. The van der Waals surface area contributed by atoms with Gasteiger partial charge in [-0.3, -0.25) is 4.55 Å². The van der Waals surface area contributed by atoms with Gasteiger partial charge in [-0.15, -0.1) is 5.11 Å². The van der Waals surface area contributed by atoms with Gasteiger partial charge in [0, 0.05) is 16.8 Å². The monoisotopic (exact) mass is 553 g/mol. The second kappa shape index (κ2) is 11.3. The number of anilines is 2. The molecule has 40 heavy (non-hydrogen) atoms. The maximum absolute atomic E-state index is 12.2. The van der Waals surface area contributed by atoms with Gasteiger partial charge in [0.25, 0.3) is 10.1 Å². The quantitative estimate of drug-likeness (QED) is 0.130. The maximum atomic E-state index is 12.2. The standard InChI is InChI=1S/C29H23N5O5S/c1-39-25-14-11-20(12-15-25)30-24-13-16-26-19(17-24)18-27(40(36,37)38)28(29(26)35)34-33-23-9-7-22(8-10-23)32-31-21-5-3-2-4-6-21/h2-18,30,35H,1H3,(H,36,37,38). The molecule has 0 heterocycles. The summed E-state index contributed by atoms with van der Waals surface area (Å²) in [7, 11) is -3.17. The summed E-state index contributed by atoms with van der Waals surface area (Å²) in [5.74, 6) is 0.274. The van der Waals surface area contributed by atoms with Crippen LogP contribution in [-0.4, -0.2) is 25.2 Å². The Labute approximate surface area is 230 Å². The molecule has 0 amide bonds. The number of methoxy groups -OCH3 is 1. The van der Waals surface area contributed by atoms with Crippen molar-refractivity contribution in [3.05, 3.63) is 103 Å². The van der Waals surface area contributed by atoms with Crippen molar-refractivity contribution < 1.29 is 22.8 Å². The normalized spacial score (nSPS) is 11.8. The number of nitrogens with zero attached hydrogens (tertiary/aromatic N) is 4. The summed E-state index contributed by atoms with van der Waals surface area (Å²) in [6, 6.07) is 29.3. The average molecular weight is 554 g/mol. The van der Waals surface area contributed by atoms with Crippen LogP contribution in [0.15, 0.2) is 128 Å². The molecular formula is C29H23N5O5S. The molecule has 0 saturated carbocycles. The van der Waals surface area contributed by atoms with E-state index in [4.69, 9.17) is 4.74 Å². The highest BCUT2D eigenvalue weighted by molar-refractivity contribution is 7.86. The maximum Gasteiger partial charge on any atom is 0.296 e. The Morgan fingerprint density at radius 3 is 1.88 bits per heavy atom. The first-order chi connectivity index (χ1) is 19.3. The molecular weight excluding hydrogens is 530 g/mol. The zero-order valence-corrected chi connectivity index (χ0v) is 21.9. The van der Waals surface area contributed by atoms with Gasteiger partial charge in [-0.1, -0.05) is 18.2 Å². The number of aromatic hydroxyl groups is 1. The second-order valence-corrected chi connectivity index (χ2v) is 9.98. The van der Waals surface area contributed by atoms with Crippen molar-refractivity contribution in [3.63, 3.8) is 0 Å². The fraction of sp³-hybridized carbons (Fsp3) is 0.0345. The van der Waals surface area contributed by atoms with E-state index in [0.717, 1.165) is 5.69 Å². The SMILES string of the molecule is COc1ccc(Nc2ccc3c(O)c(N=Nc4ccc(N=Nc5ccccc5)cc4)c(S(=O)(=O)O)cc3c2)cc1. The Balaban J connectivity index is 1.43. The molecule has 0 unspecified atom stereocenters. The van der Waals surface area contributed by atoms with E-state index in [0.29, 0.717) is 39.3 Å². The molecule has 5 rings (SSSR count). The Bertz CT molecular complexity index is 1820. The number of ether oxygens (including phenoxy) is 1. The predicted molar refractivity (Wildman–Crippen MR) is 153 cm³/mol. The van der Waals surface area contributed by atoms with E-state index in [9.17, 15) is 18.1 Å². The number of phenolic OH excluding ortho intramolecular Hbond substituents is 1. The van der Waals surface area contributed by atoms with Crippen molar-refractivity contribution in [2.24, 2.45) is 20.5 Å². The van der Waals surface area contributed by atoms with Crippen LogP contribution < -0.4 is 10.1 Å². The molecule has 5 aromatic carbocycles. The van der Waals surface area contributed by atoms with Crippen LogP contribution in [0.4, 0.5) is 34.1 Å². The summed E-state index contributed by atoms with van der Waals surface area (Å²) in [6.07, 6.45) is 0. The Kier molecular flexibility index (Phi) is 7.49. The van der Waals surface area contributed by atoms with Crippen molar-refractivity contribution in [2.75, 3.05) is 12.4 Å². The number of rotatable bonds is 8. The molecule has 0 aromatic heterocycles. The van der Waals surface area contributed by atoms with Gasteiger partial charge in [0.05, 0.1) is 24.2 Å². The predicted octanol–water partition coefficient (Wildman–Crippen LogP) is 8.38. The molecule has 5 aromatic rings. The van der Waals surface area contributed by atoms with Crippen LogP contribution in [0.1, 0.15) is 0 Å². The molecule has 3 N–H and O–H groups in total. The molecule has 0 spiro atoms. The minimum absolute atomic E-state index is 0.332. The van der Waals surface area contributed by atoms with Crippen LogP contribution in [-0.2, 0) is 10.1 Å². The highest BCUT2D eigenvalue weighted by Crippen LogP contribution is 2.42. The highest BCUT2D eigenvalue weighted by Gasteiger charge is 2.22. The third-order valence-corrected chi connectivity index (χ3v) is 6.73. The van der Waals surface area contributed by atoms with Crippen LogP contribution >= 0.6 is 0 Å². The average Bonchev–Trinajstić information content (AvgIpc) is 2.96. The van der Waals surface area contributed by atoms with Crippen LogP contribution in [0.2, 0.25) is 0 Å². The molecule has 0 bridgehead atoms. The molecule has 0 fully saturated rings. The summed E-state index contributed by atoms with van der Waals surface area (Å²) in [4.78, 5) is -0.573. The Hall–Kier alpha value is -5.13. The van der Waals surface area contributed by atoms with Crippen molar-refractivity contribution in [1.29, 1.82) is 0 Å². The number of phenols is 1. The number of fused-ring (bicyclic) bond motifs is 1. The Morgan fingerprint density at radius 2 is 1.27 bits per heavy atom. The Morgan fingerprint density at radius 1 is 0.700 bits per heavy atom. The first-order valence-electron chi connectivity index (χ1n) is 12.0. The summed E-state index contributed by atoms with van der Waals surface area (Å²) < 4.78 is 39.5. The van der Waals surface area contributed by atoms with E-state index in [1.54, 1.807) is 61.7 Å². The molecule has 0 aliphatic carbocycles. The minimum atomic E-state index is -4.75. The van der Waals surface area contributed by atoms with Gasteiger partial charge in [0.1, 0.15) is 16.3 Å². The van der Waals surface area contributed by atoms with Gasteiger partial charge in [-0.2, -0.15) is 23.8 Å². The van der Waals surface area contributed by atoms with Crippen molar-refractivity contribution in [2.45, 2.75) is 4.90 Å². The number of hydrogen-bond donors (Lipinski definition) is 3. The van der Waals surface area contributed by atoms with Crippen LogP contribution in [0.3, 0.4) is 0 Å². The van der Waals surface area contributed by atoms with E-state index in [-0.39, 0.29) is 5.69 Å². The van der Waals surface area contributed by atoms with Crippen molar-refractivity contribution in [3.8, 4) is 11.5 Å². The van der Waals surface area contributed by atoms with E-state index in [1.807, 2.05) is 42.5 Å². The van der Waals surface area contributed by atoms with E-state index in [2.05, 4.69) is 25.8 Å². The van der Waals surface area contributed by atoms with Gasteiger partial charge in [-0.05, 0) is 90.3 Å². The lowest BCUT2D eigenvalue weighted by Gasteiger charge is -2.12. The fourth-order valence-corrected chi connectivity index (χ4v) is 4.53. The number of nitrogens with one attached hydrogen (secondary N) is 1. The van der Waals surface area contributed by atoms with E-state index in [1.165, 1.54) is 6.07 Å². The first kappa shape index (κ1) is 26.5. The fourth-order valence-electron chi connectivity index (χ4n) is 3.87. The van der Waals surface area contributed by atoms with Crippen LogP contribution in [0, 0.1) is 0 Å². The van der Waals surface area contributed by atoms with Gasteiger partial charge >= 0.3 is 0 Å². The zero-order valence-electron chi connectivity index (χ0n) is 21.1. The van der Waals surface area contributed by atoms with Gasteiger partial charge < -0.3 is 15.2 Å². The molecule has 0 aliphatic heterocycles. The molecule has 0 saturated heterocycles. The number of benzene rings is 5. The summed E-state index contributed by atoms with van der Waals surface area (Å²) in [5.41, 5.74) is 2.69. The lowest BCUT2D eigenvalue weighted by molar-refractivity contribution is 0.415. The lowest BCUT2D eigenvalue weighted by atomic mass is 10.1. The number of azo groups is 2. The van der Waals surface area contributed by atoms with E-state index < -0.39 is 20.8 Å². The molecule has 0 radical (unpaired) electrons. The van der Waals surface area contributed by atoms with Crippen molar-refractivity contribution in [1.82, 2.24) is 0 Å². The number of hydrogen-bond acceptors (Lipinski definition) is 9. The minimum Gasteiger partial charge on any atom is -0.505 e. The summed E-state index contributed by atoms with van der Waals surface area (Å²) in [6.45, 7) is 0. The van der Waals surface area contributed by atoms with Gasteiger partial charge in [0.15, 0.2) is 5.75 Å². The van der Waals surface area contributed by atoms with Crippen molar-refractivity contribution >= 4 is 55.0 Å². The summed E-state index contributed by atoms with van der Waals surface area (Å²) >= 11 is 0. The third-order valence-electron chi connectivity index (χ3n) is 5.86. The topological polar surface area (TPSA) is 145 Å². The molecule has 0 atom stereocenters. The van der Waals surface area contributed by atoms with Crippen LogP contribution in [0.5, 0.6) is 11.5 Å². The smallest absolute Gasteiger partial charge is 0.296 e. The largest absolute Gasteiger partial charge is 0.505 e. The van der Waals surface area contributed by atoms with Gasteiger partial charge in [-0.25, -0.2) is 0 Å². The summed E-state index contributed by atoms with van der Waals surface area (Å²) in [5, 5.41) is 31.2. The molecule has 200 valence electrons. The second-order valence-electron chi connectivity index (χ2n) is 8.59. The van der Waals surface area contributed by atoms with Gasteiger partial charge in [0.2, 0.25) is 0 Å². The zero-order chi connectivity index (χ0) is 28.1. The van der Waals surface area contributed by atoms with E-state index >= 15 is 0 Å². The first-order valence-corrected chi connectivity index (χ1v) is 13.4. The molecule has 10 nitrogen and oxygen atoms in total. The lowest BCUT2D eigenvalue weighted by Crippen LogP contribution is -1.99. The van der Waals surface area contributed by atoms with Crippen LogP contribution in [0.25, 0.3) is 10.8 Å². The highest BCUT2D eigenvalue weighted by atomic mass is 32.2. The molecule has 11 heteroatoms.